The first-order valence-corrected chi connectivity index (χ1v) is 5.75. The van der Waals surface area contributed by atoms with Gasteiger partial charge in [0.1, 0.15) is 11.9 Å². The van der Waals surface area contributed by atoms with Gasteiger partial charge in [0, 0.05) is 22.8 Å². The Kier molecular flexibility index (Phi) is 3.81. The Hall–Kier alpha value is -2.05. The first-order chi connectivity index (χ1) is 8.70. The summed E-state index contributed by atoms with van der Waals surface area (Å²) in [6, 6.07) is 13.8. The molecule has 0 aliphatic carbocycles. The van der Waals surface area contributed by atoms with Crippen LogP contribution in [0.2, 0.25) is 5.02 Å². The normalized spacial score (nSPS) is 9.83. The number of hydrogen-bond acceptors (Lipinski definition) is 2. The van der Waals surface area contributed by atoms with E-state index in [1.807, 2.05) is 18.2 Å². The van der Waals surface area contributed by atoms with Crippen LogP contribution in [0.15, 0.2) is 42.5 Å². The van der Waals surface area contributed by atoms with E-state index in [1.54, 1.807) is 24.3 Å². The van der Waals surface area contributed by atoms with Crippen LogP contribution < -0.4 is 5.32 Å². The lowest BCUT2D eigenvalue weighted by Gasteiger charge is -2.08. The highest BCUT2D eigenvalue weighted by Crippen LogP contribution is 2.17. The van der Waals surface area contributed by atoms with Crippen molar-refractivity contribution in [2.24, 2.45) is 0 Å². The van der Waals surface area contributed by atoms with E-state index in [0.717, 1.165) is 5.69 Å². The van der Waals surface area contributed by atoms with Crippen molar-refractivity contribution in [3.8, 4) is 6.07 Å². The van der Waals surface area contributed by atoms with Crippen molar-refractivity contribution in [2.45, 2.75) is 6.54 Å². The average Bonchev–Trinajstić information content (AvgIpc) is 2.38. The van der Waals surface area contributed by atoms with Gasteiger partial charge >= 0.3 is 0 Å². The lowest BCUT2D eigenvalue weighted by Crippen LogP contribution is -2.02. The summed E-state index contributed by atoms with van der Waals surface area (Å²) in [5, 5.41) is 12.4. The van der Waals surface area contributed by atoms with Gasteiger partial charge in [-0.1, -0.05) is 29.8 Å². The van der Waals surface area contributed by atoms with E-state index in [1.165, 1.54) is 6.07 Å². The molecule has 0 aliphatic rings. The second kappa shape index (κ2) is 5.52. The topological polar surface area (TPSA) is 35.8 Å². The van der Waals surface area contributed by atoms with E-state index in [0.29, 0.717) is 17.1 Å². The van der Waals surface area contributed by atoms with Gasteiger partial charge in [0.2, 0.25) is 0 Å². The number of nitriles is 1. The highest BCUT2D eigenvalue weighted by Gasteiger charge is 2.06. The molecular weight excluding hydrogens is 251 g/mol. The van der Waals surface area contributed by atoms with Crippen LogP contribution in [0, 0.1) is 17.1 Å². The monoisotopic (exact) mass is 260 g/mol. The van der Waals surface area contributed by atoms with Crippen molar-refractivity contribution in [1.82, 2.24) is 0 Å². The van der Waals surface area contributed by atoms with Crippen molar-refractivity contribution < 1.29 is 4.39 Å². The molecule has 0 aromatic heterocycles. The summed E-state index contributed by atoms with van der Waals surface area (Å²) in [6.07, 6.45) is 0. The highest BCUT2D eigenvalue weighted by molar-refractivity contribution is 6.30. The number of rotatable bonds is 3. The maximum Gasteiger partial charge on any atom is 0.145 e. The molecule has 0 heterocycles. The molecule has 2 nitrogen and oxygen atoms in total. The van der Waals surface area contributed by atoms with Gasteiger partial charge in [-0.05, 0) is 24.3 Å². The minimum Gasteiger partial charge on any atom is -0.381 e. The number of anilines is 1. The minimum absolute atomic E-state index is 0.0559. The molecule has 2 rings (SSSR count). The predicted molar refractivity (Wildman–Crippen MR) is 69.9 cm³/mol. The Balaban J connectivity index is 2.14. The van der Waals surface area contributed by atoms with E-state index in [4.69, 9.17) is 16.9 Å². The van der Waals surface area contributed by atoms with Crippen molar-refractivity contribution in [1.29, 1.82) is 5.26 Å². The number of nitrogens with one attached hydrogen (secondary N) is 1. The molecule has 18 heavy (non-hydrogen) atoms. The molecule has 0 radical (unpaired) electrons. The van der Waals surface area contributed by atoms with Crippen molar-refractivity contribution in [3.63, 3.8) is 0 Å². The molecule has 90 valence electrons. The Bertz CT molecular complexity index is 605. The Morgan fingerprint density at radius 1 is 1.22 bits per heavy atom. The van der Waals surface area contributed by atoms with Gasteiger partial charge in [-0.2, -0.15) is 5.26 Å². The third-order valence-corrected chi connectivity index (χ3v) is 2.74. The zero-order valence-electron chi connectivity index (χ0n) is 9.45. The Morgan fingerprint density at radius 3 is 2.72 bits per heavy atom. The van der Waals surface area contributed by atoms with Gasteiger partial charge in [-0.25, -0.2) is 4.39 Å². The molecule has 2 aromatic rings. The molecule has 1 N–H and O–H groups in total. The number of halogens is 2. The van der Waals surface area contributed by atoms with Crippen LogP contribution in [0.25, 0.3) is 0 Å². The fraction of sp³-hybridized carbons (Fsp3) is 0.0714. The molecular formula is C14H10ClFN2. The maximum absolute atomic E-state index is 13.8. The third kappa shape index (κ3) is 2.79. The second-order valence-corrected chi connectivity index (χ2v) is 4.19. The van der Waals surface area contributed by atoms with E-state index in [9.17, 15) is 4.39 Å². The second-order valence-electron chi connectivity index (χ2n) is 3.75. The largest absolute Gasteiger partial charge is 0.381 e. The number of hydrogen-bond donors (Lipinski definition) is 1. The van der Waals surface area contributed by atoms with Crippen LogP contribution in [0.5, 0.6) is 0 Å². The standard InChI is InChI=1S/C14H10ClFN2/c15-12-5-2-6-13(7-12)18-9-11-4-1-3-10(8-17)14(11)16/h1-7,18H,9H2. The van der Waals surface area contributed by atoms with E-state index >= 15 is 0 Å². The van der Waals surface area contributed by atoms with E-state index < -0.39 is 5.82 Å². The van der Waals surface area contributed by atoms with Crippen LogP contribution in [0.1, 0.15) is 11.1 Å². The predicted octanol–water partition coefficient (Wildman–Crippen LogP) is 3.96. The lowest BCUT2D eigenvalue weighted by atomic mass is 10.1. The summed E-state index contributed by atoms with van der Waals surface area (Å²) in [5.74, 6) is -0.477. The van der Waals surface area contributed by atoms with Crippen LogP contribution in [-0.4, -0.2) is 0 Å². The van der Waals surface area contributed by atoms with Crippen molar-refractivity contribution >= 4 is 17.3 Å². The SMILES string of the molecule is N#Cc1cccc(CNc2cccc(Cl)c2)c1F. The fourth-order valence-corrected chi connectivity index (χ4v) is 1.79. The molecule has 0 spiro atoms. The Labute approximate surface area is 110 Å². The summed E-state index contributed by atoms with van der Waals surface area (Å²) < 4.78 is 13.8. The zero-order chi connectivity index (χ0) is 13.0. The first-order valence-electron chi connectivity index (χ1n) is 5.37. The van der Waals surface area contributed by atoms with Crippen LogP contribution >= 0.6 is 11.6 Å². The van der Waals surface area contributed by atoms with Gasteiger partial charge in [-0.3, -0.25) is 0 Å². The first kappa shape index (κ1) is 12.4. The quantitative estimate of drug-likeness (QED) is 0.907. The van der Waals surface area contributed by atoms with Gasteiger partial charge in [0.05, 0.1) is 5.56 Å². The summed E-state index contributed by atoms with van der Waals surface area (Å²) in [4.78, 5) is 0. The number of benzene rings is 2. The summed E-state index contributed by atoms with van der Waals surface area (Å²) in [6.45, 7) is 0.307. The molecule has 0 unspecified atom stereocenters. The zero-order valence-corrected chi connectivity index (χ0v) is 10.2. The molecule has 0 atom stereocenters. The summed E-state index contributed by atoms with van der Waals surface area (Å²) in [7, 11) is 0. The number of nitrogens with zero attached hydrogens (tertiary/aromatic N) is 1. The third-order valence-electron chi connectivity index (χ3n) is 2.51. The van der Waals surface area contributed by atoms with E-state index in [-0.39, 0.29) is 5.56 Å². The van der Waals surface area contributed by atoms with Crippen molar-refractivity contribution in [2.75, 3.05) is 5.32 Å². The average molecular weight is 261 g/mol. The molecule has 0 fully saturated rings. The van der Waals surface area contributed by atoms with Gasteiger partial charge in [-0.15, -0.1) is 0 Å². The molecule has 2 aromatic carbocycles. The summed E-state index contributed by atoms with van der Waals surface area (Å²) in [5.41, 5.74) is 1.32. The molecule has 4 heteroatoms. The van der Waals surface area contributed by atoms with Crippen LogP contribution in [0.4, 0.5) is 10.1 Å². The van der Waals surface area contributed by atoms with Crippen molar-refractivity contribution in [3.05, 3.63) is 64.4 Å². The molecule has 0 bridgehead atoms. The molecule has 0 saturated heterocycles. The van der Waals surface area contributed by atoms with Gasteiger partial charge in [0.15, 0.2) is 0 Å². The molecule has 0 saturated carbocycles. The maximum atomic E-state index is 13.8. The highest BCUT2D eigenvalue weighted by atomic mass is 35.5. The van der Waals surface area contributed by atoms with Gasteiger partial charge in [0.25, 0.3) is 0 Å². The van der Waals surface area contributed by atoms with Crippen LogP contribution in [-0.2, 0) is 6.54 Å². The minimum atomic E-state index is -0.477. The van der Waals surface area contributed by atoms with Crippen LogP contribution in [0.3, 0.4) is 0 Å². The molecule has 0 aliphatic heterocycles. The lowest BCUT2D eigenvalue weighted by molar-refractivity contribution is 0.609. The van der Waals surface area contributed by atoms with Gasteiger partial charge < -0.3 is 5.32 Å². The fourth-order valence-electron chi connectivity index (χ4n) is 1.60. The summed E-state index contributed by atoms with van der Waals surface area (Å²) >= 11 is 5.85. The van der Waals surface area contributed by atoms with E-state index in [2.05, 4.69) is 5.32 Å². The smallest absolute Gasteiger partial charge is 0.145 e. The molecule has 0 amide bonds. The Morgan fingerprint density at radius 2 is 2.00 bits per heavy atom.